The molecule has 0 saturated carbocycles. The Hall–Kier alpha value is -2.61. The largest absolute Gasteiger partial charge is 0.496 e. The van der Waals surface area contributed by atoms with Crippen molar-refractivity contribution in [1.82, 2.24) is 0 Å². The van der Waals surface area contributed by atoms with Gasteiger partial charge in [0.1, 0.15) is 10.6 Å². The maximum atomic E-state index is 12.0. The van der Waals surface area contributed by atoms with Gasteiger partial charge in [-0.2, -0.15) is 0 Å². The Morgan fingerprint density at radius 2 is 1.86 bits per heavy atom. The molecule has 28 heavy (non-hydrogen) atoms. The van der Waals surface area contributed by atoms with E-state index in [4.69, 9.17) is 4.74 Å². The second-order valence-corrected chi connectivity index (χ2v) is 9.11. The molecule has 0 aromatic heterocycles. The standard InChI is InChI=1S/C20H24N2O5S/c1-27-19-6-4-3-5-16(19)13-15-9-11-21(12-10-15)17-7-8-18(22(23)24)20(14-17)28(2,25)26/h3-8,14-15H,9-13H2,1-2H3. The van der Waals surface area contributed by atoms with Gasteiger partial charge in [-0.15, -0.1) is 0 Å². The van der Waals surface area contributed by atoms with E-state index in [0.717, 1.165) is 44.4 Å². The summed E-state index contributed by atoms with van der Waals surface area (Å²) in [6.07, 6.45) is 3.86. The number of nitrogens with zero attached hydrogens (tertiary/aromatic N) is 2. The van der Waals surface area contributed by atoms with Gasteiger partial charge >= 0.3 is 0 Å². The van der Waals surface area contributed by atoms with Crippen LogP contribution in [-0.4, -0.2) is 39.8 Å². The first-order valence-corrected chi connectivity index (χ1v) is 11.0. The quantitative estimate of drug-likeness (QED) is 0.541. The van der Waals surface area contributed by atoms with Gasteiger partial charge in [0, 0.05) is 31.1 Å². The molecule has 0 bridgehead atoms. The number of hydrogen-bond acceptors (Lipinski definition) is 6. The van der Waals surface area contributed by atoms with E-state index in [1.54, 1.807) is 13.2 Å². The highest BCUT2D eigenvalue weighted by Gasteiger charge is 2.26. The molecule has 0 amide bonds. The first-order chi connectivity index (χ1) is 13.3. The molecule has 0 N–H and O–H groups in total. The van der Waals surface area contributed by atoms with Crippen molar-refractivity contribution in [3.05, 3.63) is 58.1 Å². The number of piperidine rings is 1. The number of anilines is 1. The lowest BCUT2D eigenvalue weighted by Gasteiger charge is -2.34. The fourth-order valence-electron chi connectivity index (χ4n) is 3.73. The second-order valence-electron chi connectivity index (χ2n) is 7.13. The smallest absolute Gasteiger partial charge is 0.288 e. The average molecular weight is 404 g/mol. The fourth-order valence-corrected chi connectivity index (χ4v) is 4.58. The minimum absolute atomic E-state index is 0.230. The van der Waals surface area contributed by atoms with Crippen LogP contribution in [0.2, 0.25) is 0 Å². The van der Waals surface area contributed by atoms with Crippen molar-refractivity contribution < 1.29 is 18.1 Å². The Bertz CT molecular complexity index is 966. The van der Waals surface area contributed by atoms with E-state index in [2.05, 4.69) is 11.0 Å². The Kier molecular flexibility index (Phi) is 5.88. The third-order valence-electron chi connectivity index (χ3n) is 5.22. The van der Waals surface area contributed by atoms with Gasteiger partial charge < -0.3 is 9.64 Å². The molecule has 0 atom stereocenters. The lowest BCUT2D eigenvalue weighted by atomic mass is 9.89. The van der Waals surface area contributed by atoms with Gasteiger partial charge in [0.2, 0.25) is 0 Å². The van der Waals surface area contributed by atoms with Crippen LogP contribution in [0, 0.1) is 16.0 Å². The minimum atomic E-state index is -3.68. The van der Waals surface area contributed by atoms with Crippen molar-refractivity contribution in [3.63, 3.8) is 0 Å². The van der Waals surface area contributed by atoms with Crippen molar-refractivity contribution in [2.75, 3.05) is 31.4 Å². The van der Waals surface area contributed by atoms with Crippen LogP contribution in [0.15, 0.2) is 47.4 Å². The molecule has 1 aliphatic heterocycles. The van der Waals surface area contributed by atoms with Crippen molar-refractivity contribution >= 4 is 21.2 Å². The van der Waals surface area contributed by atoms with Crippen LogP contribution in [0.25, 0.3) is 0 Å². The van der Waals surface area contributed by atoms with E-state index in [0.29, 0.717) is 11.6 Å². The molecule has 1 fully saturated rings. The number of ether oxygens (including phenoxy) is 1. The van der Waals surface area contributed by atoms with Crippen LogP contribution in [0.3, 0.4) is 0 Å². The van der Waals surface area contributed by atoms with Crippen molar-refractivity contribution in [2.45, 2.75) is 24.2 Å². The molecular formula is C20H24N2O5S. The molecule has 7 nitrogen and oxygen atoms in total. The predicted molar refractivity (Wildman–Crippen MR) is 108 cm³/mol. The van der Waals surface area contributed by atoms with Gasteiger partial charge in [-0.25, -0.2) is 8.42 Å². The Labute approximate surface area is 165 Å². The van der Waals surface area contributed by atoms with Crippen LogP contribution in [0.5, 0.6) is 5.75 Å². The van der Waals surface area contributed by atoms with Crippen LogP contribution in [0.1, 0.15) is 18.4 Å². The number of methoxy groups -OCH3 is 1. The number of para-hydroxylation sites is 1. The molecule has 0 spiro atoms. The molecule has 2 aromatic rings. The average Bonchev–Trinajstić information content (AvgIpc) is 2.68. The lowest BCUT2D eigenvalue weighted by Crippen LogP contribution is -2.34. The van der Waals surface area contributed by atoms with Crippen LogP contribution < -0.4 is 9.64 Å². The molecule has 3 rings (SSSR count). The second kappa shape index (κ2) is 8.18. The maximum absolute atomic E-state index is 12.0. The summed E-state index contributed by atoms with van der Waals surface area (Å²) in [5.41, 5.74) is 1.53. The van der Waals surface area contributed by atoms with Crippen LogP contribution >= 0.6 is 0 Å². The van der Waals surface area contributed by atoms with Gasteiger partial charge in [0.25, 0.3) is 5.69 Å². The zero-order valence-electron chi connectivity index (χ0n) is 16.0. The van der Waals surface area contributed by atoms with E-state index >= 15 is 0 Å². The third kappa shape index (κ3) is 4.44. The topological polar surface area (TPSA) is 89.8 Å². The summed E-state index contributed by atoms with van der Waals surface area (Å²) >= 11 is 0. The highest BCUT2D eigenvalue weighted by molar-refractivity contribution is 7.90. The summed E-state index contributed by atoms with van der Waals surface area (Å²) in [5, 5.41) is 11.1. The molecule has 8 heteroatoms. The van der Waals surface area contributed by atoms with Crippen LogP contribution in [0.4, 0.5) is 11.4 Å². The van der Waals surface area contributed by atoms with Gasteiger partial charge in [-0.3, -0.25) is 10.1 Å². The Morgan fingerprint density at radius 1 is 1.18 bits per heavy atom. The van der Waals surface area contributed by atoms with Crippen LogP contribution in [-0.2, 0) is 16.3 Å². The molecule has 2 aromatic carbocycles. The Morgan fingerprint density at radius 3 is 2.46 bits per heavy atom. The molecule has 1 heterocycles. The van der Waals surface area contributed by atoms with Gasteiger partial charge in [0.15, 0.2) is 9.84 Å². The highest BCUT2D eigenvalue weighted by Crippen LogP contribution is 2.32. The van der Waals surface area contributed by atoms with E-state index < -0.39 is 14.8 Å². The number of rotatable bonds is 6. The summed E-state index contributed by atoms with van der Waals surface area (Å²) in [6, 6.07) is 12.4. The third-order valence-corrected chi connectivity index (χ3v) is 6.35. The zero-order chi connectivity index (χ0) is 20.3. The summed E-state index contributed by atoms with van der Waals surface area (Å²) in [4.78, 5) is 12.4. The summed E-state index contributed by atoms with van der Waals surface area (Å²) in [6.45, 7) is 1.56. The molecule has 150 valence electrons. The number of nitro benzene ring substituents is 1. The number of sulfone groups is 1. The van der Waals surface area contributed by atoms with Gasteiger partial charge in [-0.1, -0.05) is 18.2 Å². The molecule has 1 saturated heterocycles. The van der Waals surface area contributed by atoms with Crippen molar-refractivity contribution in [2.24, 2.45) is 5.92 Å². The highest BCUT2D eigenvalue weighted by atomic mass is 32.2. The van der Waals surface area contributed by atoms with E-state index in [1.165, 1.54) is 17.7 Å². The number of benzene rings is 2. The minimum Gasteiger partial charge on any atom is -0.496 e. The molecule has 0 radical (unpaired) electrons. The summed E-state index contributed by atoms with van der Waals surface area (Å²) < 4.78 is 29.4. The zero-order valence-corrected chi connectivity index (χ0v) is 16.8. The monoisotopic (exact) mass is 404 g/mol. The Balaban J connectivity index is 1.72. The lowest BCUT2D eigenvalue weighted by molar-refractivity contribution is -0.387. The van der Waals surface area contributed by atoms with Gasteiger partial charge in [0.05, 0.1) is 12.0 Å². The van der Waals surface area contributed by atoms with Crippen molar-refractivity contribution in [1.29, 1.82) is 0 Å². The molecular weight excluding hydrogens is 380 g/mol. The number of hydrogen-bond donors (Lipinski definition) is 0. The van der Waals surface area contributed by atoms with Gasteiger partial charge in [-0.05, 0) is 48.9 Å². The van der Waals surface area contributed by atoms with Crippen molar-refractivity contribution in [3.8, 4) is 5.75 Å². The van der Waals surface area contributed by atoms with E-state index in [1.807, 2.05) is 18.2 Å². The number of nitro groups is 1. The van der Waals surface area contributed by atoms with E-state index in [9.17, 15) is 18.5 Å². The maximum Gasteiger partial charge on any atom is 0.288 e. The molecule has 0 unspecified atom stereocenters. The fraction of sp³-hybridized carbons (Fsp3) is 0.400. The first kappa shape index (κ1) is 20.1. The first-order valence-electron chi connectivity index (χ1n) is 9.15. The normalized spacial score (nSPS) is 15.4. The predicted octanol–water partition coefficient (Wildman–Crippen LogP) is 3.47. The van der Waals surface area contributed by atoms with E-state index in [-0.39, 0.29) is 10.6 Å². The molecule has 0 aliphatic carbocycles. The summed E-state index contributed by atoms with van der Waals surface area (Å²) in [7, 11) is -2.01. The SMILES string of the molecule is COc1ccccc1CC1CCN(c2ccc([N+](=O)[O-])c(S(C)(=O)=O)c2)CC1. The molecule has 1 aliphatic rings. The summed E-state index contributed by atoms with van der Waals surface area (Å²) in [5.74, 6) is 1.41.